The van der Waals surface area contributed by atoms with Crippen LogP contribution in [0.1, 0.15) is 0 Å². The lowest BCUT2D eigenvalue weighted by Crippen LogP contribution is -2.15. The van der Waals surface area contributed by atoms with Crippen LogP contribution in [0.15, 0.2) is 0 Å². The topological polar surface area (TPSA) is 29.5 Å². The molecule has 10 heavy (non-hydrogen) atoms. The van der Waals surface area contributed by atoms with Crippen LogP contribution in [0.2, 0.25) is 0 Å². The van der Waals surface area contributed by atoms with Crippen LogP contribution in [0, 0.1) is 12.3 Å². The summed E-state index contributed by atoms with van der Waals surface area (Å²) in [5, 5.41) is 0. The molecule has 0 N–H and O–H groups in total. The maximum atomic E-state index is 11.3. The third-order valence-electron chi connectivity index (χ3n) is 1.28. The van der Waals surface area contributed by atoms with E-state index in [9.17, 15) is 4.57 Å². The van der Waals surface area contributed by atoms with E-state index in [2.05, 4.69) is 5.92 Å². The summed E-state index contributed by atoms with van der Waals surface area (Å²) in [5.41, 5.74) is 0. The van der Waals surface area contributed by atoms with Gasteiger partial charge in [-0.2, -0.15) is 0 Å². The lowest BCUT2D eigenvalue weighted by atomic mass is 10.7. The van der Waals surface area contributed by atoms with Crippen molar-refractivity contribution in [3.8, 4) is 12.3 Å². The molecule has 1 unspecified atom stereocenters. The van der Waals surface area contributed by atoms with Crippen molar-refractivity contribution < 1.29 is 9.09 Å². The largest absolute Gasteiger partial charge is 0.321 e. The Balaban J connectivity index is 4.08. The van der Waals surface area contributed by atoms with Crippen LogP contribution in [0.5, 0.6) is 0 Å². The highest BCUT2D eigenvalue weighted by atomic mass is 31.2. The molecule has 0 saturated heterocycles. The summed E-state index contributed by atoms with van der Waals surface area (Å²) in [7, 11) is 0.491. The highest BCUT2D eigenvalue weighted by Crippen LogP contribution is 2.43. The van der Waals surface area contributed by atoms with E-state index in [-0.39, 0.29) is 0 Å². The molecule has 0 aliphatic carbocycles. The summed E-state index contributed by atoms with van der Waals surface area (Å²) in [6.07, 6.45) is 5.01. The molecule has 0 aliphatic heterocycles. The van der Waals surface area contributed by atoms with Gasteiger partial charge in [-0.1, -0.05) is 5.92 Å². The van der Waals surface area contributed by atoms with E-state index in [1.807, 2.05) is 0 Å². The summed E-state index contributed by atoms with van der Waals surface area (Å²) < 4.78 is 17.5. The molecule has 0 rings (SSSR count). The summed E-state index contributed by atoms with van der Waals surface area (Å²) in [4.78, 5) is 0. The number of hydrogen-bond donors (Lipinski definition) is 0. The van der Waals surface area contributed by atoms with E-state index in [0.717, 1.165) is 0 Å². The number of hydrogen-bond acceptors (Lipinski definition) is 2. The molecule has 0 radical (unpaired) electrons. The van der Waals surface area contributed by atoms with Gasteiger partial charge in [-0.05, 0) is 7.05 Å². The van der Waals surface area contributed by atoms with Gasteiger partial charge in [-0.3, -0.25) is 4.57 Å². The van der Waals surface area contributed by atoms with Crippen LogP contribution >= 0.6 is 7.52 Å². The van der Waals surface area contributed by atoms with Crippen LogP contribution < -0.4 is 0 Å². The summed E-state index contributed by atoms with van der Waals surface area (Å²) >= 11 is 0. The predicted molar refractivity (Wildman–Crippen MR) is 42.0 cm³/mol. The van der Waals surface area contributed by atoms with E-state index in [1.54, 1.807) is 7.05 Å². The van der Waals surface area contributed by atoms with Crippen molar-refractivity contribution >= 4 is 7.52 Å². The average molecular weight is 161 g/mol. The quantitative estimate of drug-likeness (QED) is 0.457. The van der Waals surface area contributed by atoms with Gasteiger partial charge >= 0.3 is 0 Å². The minimum absolute atomic E-state index is 0.349. The Morgan fingerprint density at radius 2 is 2.30 bits per heavy atom. The summed E-state index contributed by atoms with van der Waals surface area (Å²) in [6.45, 7) is 1.88. The molecule has 0 heterocycles. The lowest BCUT2D eigenvalue weighted by molar-refractivity contribution is 0.344. The maximum Gasteiger partial charge on any atom is 0.269 e. The first-order valence-electron chi connectivity index (χ1n) is 2.83. The fourth-order valence-corrected chi connectivity index (χ4v) is 1.02. The van der Waals surface area contributed by atoms with Gasteiger partial charge in [0.05, 0.1) is 6.54 Å². The van der Waals surface area contributed by atoms with Gasteiger partial charge in [0.2, 0.25) is 0 Å². The Labute approximate surface area is 61.9 Å². The Hall–Kier alpha value is -0.290. The van der Waals surface area contributed by atoms with Crippen LogP contribution in [0.4, 0.5) is 0 Å². The standard InChI is InChI=1S/C6H12NO2P/c1-5-6-7(2)10(4,8)9-3/h1H,6H2,2-4H3. The first-order valence-corrected chi connectivity index (χ1v) is 4.85. The van der Waals surface area contributed by atoms with Crippen molar-refractivity contribution in [1.82, 2.24) is 4.67 Å². The third kappa shape index (κ3) is 2.53. The predicted octanol–water partition coefficient (Wildman–Crippen LogP) is 1.02. The summed E-state index contributed by atoms with van der Waals surface area (Å²) in [5.74, 6) is 2.38. The second-order valence-corrected chi connectivity index (χ2v) is 4.66. The molecular weight excluding hydrogens is 149 g/mol. The maximum absolute atomic E-state index is 11.3. The fraction of sp³-hybridized carbons (Fsp3) is 0.667. The Morgan fingerprint density at radius 1 is 1.80 bits per heavy atom. The highest BCUT2D eigenvalue weighted by Gasteiger charge is 2.18. The van der Waals surface area contributed by atoms with Gasteiger partial charge in [-0.15, -0.1) is 6.42 Å². The molecule has 0 fully saturated rings. The van der Waals surface area contributed by atoms with Gasteiger partial charge in [0.1, 0.15) is 0 Å². The minimum atomic E-state index is -2.59. The molecule has 0 bridgehead atoms. The van der Waals surface area contributed by atoms with Gasteiger partial charge in [0.25, 0.3) is 7.52 Å². The molecule has 3 nitrogen and oxygen atoms in total. The van der Waals surface area contributed by atoms with E-state index in [0.29, 0.717) is 6.54 Å². The molecule has 0 aromatic heterocycles. The second kappa shape index (κ2) is 3.78. The normalized spacial score (nSPS) is 16.3. The molecule has 1 atom stereocenters. The Bertz CT molecular complexity index is 185. The zero-order chi connectivity index (χ0) is 8.20. The Morgan fingerprint density at radius 3 is 2.60 bits per heavy atom. The van der Waals surface area contributed by atoms with Crippen molar-refractivity contribution in [2.45, 2.75) is 0 Å². The Kier molecular flexibility index (Phi) is 3.67. The zero-order valence-electron chi connectivity index (χ0n) is 6.50. The highest BCUT2D eigenvalue weighted by molar-refractivity contribution is 7.55. The number of rotatable bonds is 3. The summed E-state index contributed by atoms with van der Waals surface area (Å²) in [6, 6.07) is 0. The van der Waals surface area contributed by atoms with Crippen LogP contribution in [-0.2, 0) is 9.09 Å². The first-order chi connectivity index (χ1) is 4.54. The van der Waals surface area contributed by atoms with Gasteiger partial charge in [0.15, 0.2) is 0 Å². The van der Waals surface area contributed by atoms with Crippen molar-refractivity contribution in [2.75, 3.05) is 27.4 Å². The molecule has 0 aromatic rings. The van der Waals surface area contributed by atoms with Gasteiger partial charge in [-0.25, -0.2) is 4.67 Å². The molecule has 0 spiro atoms. The van der Waals surface area contributed by atoms with Crippen molar-refractivity contribution in [1.29, 1.82) is 0 Å². The van der Waals surface area contributed by atoms with Crippen LogP contribution in [-0.4, -0.2) is 32.0 Å². The van der Waals surface area contributed by atoms with Crippen LogP contribution in [0.3, 0.4) is 0 Å². The van der Waals surface area contributed by atoms with Gasteiger partial charge < -0.3 is 4.52 Å². The molecule has 0 aromatic carbocycles. The third-order valence-corrected chi connectivity index (χ3v) is 3.34. The minimum Gasteiger partial charge on any atom is -0.321 e. The van der Waals surface area contributed by atoms with Crippen LogP contribution in [0.25, 0.3) is 0 Å². The molecule has 0 amide bonds. The lowest BCUT2D eigenvalue weighted by Gasteiger charge is -2.20. The van der Waals surface area contributed by atoms with E-state index >= 15 is 0 Å². The molecule has 0 saturated carbocycles. The smallest absolute Gasteiger partial charge is 0.269 e. The zero-order valence-corrected chi connectivity index (χ0v) is 7.39. The van der Waals surface area contributed by atoms with E-state index in [4.69, 9.17) is 10.9 Å². The second-order valence-electron chi connectivity index (χ2n) is 2.01. The number of terminal acetylenes is 1. The average Bonchev–Trinajstić information content (AvgIpc) is 1.89. The van der Waals surface area contributed by atoms with E-state index < -0.39 is 7.52 Å². The molecule has 4 heteroatoms. The molecular formula is C6H12NO2P. The van der Waals surface area contributed by atoms with E-state index in [1.165, 1.54) is 18.4 Å². The number of nitrogens with zero attached hydrogens (tertiary/aromatic N) is 1. The SMILES string of the molecule is C#CCN(C)P(C)(=O)OC. The monoisotopic (exact) mass is 161 g/mol. The first kappa shape index (κ1) is 9.71. The van der Waals surface area contributed by atoms with Crippen molar-refractivity contribution in [2.24, 2.45) is 0 Å². The molecule has 58 valence electrons. The van der Waals surface area contributed by atoms with Gasteiger partial charge in [0, 0.05) is 13.8 Å². The van der Waals surface area contributed by atoms with Crippen molar-refractivity contribution in [3.05, 3.63) is 0 Å². The molecule has 0 aliphatic rings. The van der Waals surface area contributed by atoms with Crippen molar-refractivity contribution in [3.63, 3.8) is 0 Å². The fourth-order valence-electron chi connectivity index (χ4n) is 0.400.